The smallest absolute Gasteiger partial charge is 0.244 e. The molecule has 2 aromatic heterocycles. The van der Waals surface area contributed by atoms with Gasteiger partial charge in [0.05, 0.1) is 18.3 Å². The molecule has 0 aliphatic carbocycles. The topological polar surface area (TPSA) is 80.2 Å². The number of hydrogen-bond donors (Lipinski definition) is 1. The molecule has 0 radical (unpaired) electrons. The first-order valence-electron chi connectivity index (χ1n) is 7.75. The molecule has 1 aliphatic rings. The molecule has 3 rings (SSSR count). The average Bonchev–Trinajstić information content (AvgIpc) is 3.11. The Labute approximate surface area is 129 Å². The van der Waals surface area contributed by atoms with Gasteiger partial charge in [-0.3, -0.25) is 9.58 Å². The van der Waals surface area contributed by atoms with Crippen molar-refractivity contribution >= 4 is 0 Å². The van der Waals surface area contributed by atoms with E-state index in [0.717, 1.165) is 18.7 Å². The van der Waals surface area contributed by atoms with Crippen LogP contribution in [0.15, 0.2) is 16.9 Å². The van der Waals surface area contributed by atoms with Gasteiger partial charge in [0.2, 0.25) is 5.89 Å². The van der Waals surface area contributed by atoms with Crippen LogP contribution in [0.25, 0.3) is 0 Å². The van der Waals surface area contributed by atoms with Crippen molar-refractivity contribution in [1.82, 2.24) is 24.8 Å². The second-order valence-corrected chi connectivity index (χ2v) is 6.48. The van der Waals surface area contributed by atoms with Crippen LogP contribution in [0.3, 0.4) is 0 Å². The molecule has 0 saturated carbocycles. The van der Waals surface area contributed by atoms with Crippen molar-refractivity contribution < 1.29 is 9.63 Å². The van der Waals surface area contributed by atoms with Crippen molar-refractivity contribution in [2.75, 3.05) is 6.54 Å². The first-order chi connectivity index (χ1) is 10.5. The molecule has 0 amide bonds. The summed E-state index contributed by atoms with van der Waals surface area (Å²) >= 11 is 0. The lowest BCUT2D eigenvalue weighted by Crippen LogP contribution is -2.24. The largest absolute Gasteiger partial charge is 0.392 e. The van der Waals surface area contributed by atoms with Crippen LogP contribution in [0.4, 0.5) is 0 Å². The standard InChI is InChI=1S/C15H23N5O2/c1-10(2)6-20-8-12(5-16-20)7-19-9-13(21)4-14(19)15-17-11(3)18-22-15/h5,8,10,13-14,21H,4,6-7,9H2,1-3H3/t13-,14-/m1/s1. The minimum atomic E-state index is -0.358. The maximum absolute atomic E-state index is 9.99. The lowest BCUT2D eigenvalue weighted by atomic mass is 10.2. The molecule has 1 aliphatic heterocycles. The minimum absolute atomic E-state index is 0.0235. The first-order valence-corrected chi connectivity index (χ1v) is 7.75. The molecule has 3 heterocycles. The molecule has 0 bridgehead atoms. The molecule has 1 saturated heterocycles. The zero-order valence-electron chi connectivity index (χ0n) is 13.3. The second-order valence-electron chi connectivity index (χ2n) is 6.48. The van der Waals surface area contributed by atoms with Crippen molar-refractivity contribution in [2.45, 2.75) is 52.4 Å². The van der Waals surface area contributed by atoms with Crippen molar-refractivity contribution in [3.8, 4) is 0 Å². The van der Waals surface area contributed by atoms with Gasteiger partial charge in [0.1, 0.15) is 0 Å². The van der Waals surface area contributed by atoms with Crippen LogP contribution < -0.4 is 0 Å². The zero-order valence-corrected chi connectivity index (χ0v) is 13.3. The van der Waals surface area contributed by atoms with Crippen LogP contribution in [0, 0.1) is 12.8 Å². The van der Waals surface area contributed by atoms with E-state index < -0.39 is 0 Å². The predicted molar refractivity (Wildman–Crippen MR) is 79.9 cm³/mol. The molecule has 2 atom stereocenters. The third kappa shape index (κ3) is 3.36. The molecular weight excluding hydrogens is 282 g/mol. The van der Waals surface area contributed by atoms with Crippen LogP contribution >= 0.6 is 0 Å². The van der Waals surface area contributed by atoms with Gasteiger partial charge in [-0.05, 0) is 19.3 Å². The maximum Gasteiger partial charge on any atom is 0.244 e. The van der Waals surface area contributed by atoms with Crippen molar-refractivity contribution in [3.63, 3.8) is 0 Å². The number of β-amino-alcohol motifs (C(OH)–C–C–N with tert-alkyl or cyclic N) is 1. The van der Waals surface area contributed by atoms with E-state index in [0.29, 0.717) is 30.6 Å². The van der Waals surface area contributed by atoms with Gasteiger partial charge in [0, 0.05) is 31.4 Å². The quantitative estimate of drug-likeness (QED) is 0.902. The average molecular weight is 305 g/mol. The number of likely N-dealkylation sites (tertiary alicyclic amines) is 1. The van der Waals surface area contributed by atoms with Gasteiger partial charge in [0.15, 0.2) is 5.82 Å². The fourth-order valence-electron chi connectivity index (χ4n) is 2.96. The number of hydrogen-bond acceptors (Lipinski definition) is 6. The van der Waals surface area contributed by atoms with Gasteiger partial charge in [-0.2, -0.15) is 10.1 Å². The highest BCUT2D eigenvalue weighted by Crippen LogP contribution is 2.32. The Morgan fingerprint density at radius 2 is 2.27 bits per heavy atom. The highest BCUT2D eigenvalue weighted by atomic mass is 16.5. The highest BCUT2D eigenvalue weighted by molar-refractivity contribution is 5.07. The SMILES string of the molecule is Cc1noc([C@H]2C[C@@H](O)CN2Cc2cnn(CC(C)C)c2)n1. The summed E-state index contributed by atoms with van der Waals surface area (Å²) in [6.45, 7) is 8.40. The van der Waals surface area contributed by atoms with Gasteiger partial charge in [0.25, 0.3) is 0 Å². The fourth-order valence-corrected chi connectivity index (χ4v) is 2.96. The van der Waals surface area contributed by atoms with E-state index in [2.05, 4.69) is 40.2 Å². The van der Waals surface area contributed by atoms with Crippen LogP contribution in [0.2, 0.25) is 0 Å². The Balaban J connectivity index is 1.71. The Morgan fingerprint density at radius 3 is 2.95 bits per heavy atom. The Hall–Kier alpha value is -1.73. The number of nitrogens with zero attached hydrogens (tertiary/aromatic N) is 5. The summed E-state index contributed by atoms with van der Waals surface area (Å²) in [6, 6.07) is -0.0235. The van der Waals surface area contributed by atoms with E-state index in [4.69, 9.17) is 4.52 Å². The molecule has 22 heavy (non-hydrogen) atoms. The summed E-state index contributed by atoms with van der Waals surface area (Å²) < 4.78 is 7.26. The Morgan fingerprint density at radius 1 is 1.45 bits per heavy atom. The summed E-state index contributed by atoms with van der Waals surface area (Å²) in [5.74, 6) is 1.78. The van der Waals surface area contributed by atoms with Gasteiger partial charge in [-0.25, -0.2) is 0 Å². The number of aliphatic hydroxyl groups is 1. The maximum atomic E-state index is 9.99. The van der Waals surface area contributed by atoms with E-state index in [1.54, 1.807) is 6.92 Å². The van der Waals surface area contributed by atoms with E-state index >= 15 is 0 Å². The minimum Gasteiger partial charge on any atom is -0.392 e. The summed E-state index contributed by atoms with van der Waals surface area (Å²) in [4.78, 5) is 6.49. The molecule has 1 fully saturated rings. The lowest BCUT2D eigenvalue weighted by Gasteiger charge is -2.20. The number of rotatable bonds is 5. The highest BCUT2D eigenvalue weighted by Gasteiger charge is 2.35. The van der Waals surface area contributed by atoms with E-state index in [9.17, 15) is 5.11 Å². The molecular formula is C15H23N5O2. The molecule has 0 unspecified atom stereocenters. The molecule has 2 aromatic rings. The normalized spacial score (nSPS) is 22.8. The number of aromatic nitrogens is 4. The summed E-state index contributed by atoms with van der Waals surface area (Å²) in [5.41, 5.74) is 1.14. The van der Waals surface area contributed by atoms with Crippen LogP contribution in [0.1, 0.15) is 43.6 Å². The van der Waals surface area contributed by atoms with E-state index in [1.807, 2.05) is 10.9 Å². The van der Waals surface area contributed by atoms with Crippen LogP contribution in [-0.4, -0.2) is 42.6 Å². The molecule has 0 aromatic carbocycles. The van der Waals surface area contributed by atoms with E-state index in [-0.39, 0.29) is 12.1 Å². The molecule has 120 valence electrons. The molecule has 1 N–H and O–H groups in total. The zero-order chi connectivity index (χ0) is 15.7. The van der Waals surface area contributed by atoms with Gasteiger partial charge in [-0.1, -0.05) is 19.0 Å². The molecule has 7 nitrogen and oxygen atoms in total. The lowest BCUT2D eigenvalue weighted by molar-refractivity contribution is 0.169. The summed E-state index contributed by atoms with van der Waals surface area (Å²) in [6.07, 6.45) is 4.23. The summed E-state index contributed by atoms with van der Waals surface area (Å²) in [5, 5.41) is 18.2. The van der Waals surface area contributed by atoms with Crippen molar-refractivity contribution in [3.05, 3.63) is 29.7 Å². The first kappa shape index (κ1) is 15.2. The number of aryl methyl sites for hydroxylation is 1. The molecule has 0 spiro atoms. The molecule has 7 heteroatoms. The number of aliphatic hydroxyl groups excluding tert-OH is 1. The van der Waals surface area contributed by atoms with E-state index in [1.165, 1.54) is 0 Å². The van der Waals surface area contributed by atoms with Crippen molar-refractivity contribution in [1.29, 1.82) is 0 Å². The Bertz CT molecular complexity index is 621. The monoisotopic (exact) mass is 305 g/mol. The van der Waals surface area contributed by atoms with Gasteiger partial charge < -0.3 is 9.63 Å². The van der Waals surface area contributed by atoms with Crippen molar-refractivity contribution in [2.24, 2.45) is 5.92 Å². The van der Waals surface area contributed by atoms with Crippen LogP contribution in [-0.2, 0) is 13.1 Å². The van der Waals surface area contributed by atoms with Crippen LogP contribution in [0.5, 0.6) is 0 Å². The fraction of sp³-hybridized carbons (Fsp3) is 0.667. The van der Waals surface area contributed by atoms with Gasteiger partial charge >= 0.3 is 0 Å². The second kappa shape index (κ2) is 6.18. The Kier molecular flexibility index (Phi) is 4.26. The summed E-state index contributed by atoms with van der Waals surface area (Å²) in [7, 11) is 0. The third-order valence-corrected chi connectivity index (χ3v) is 3.83. The van der Waals surface area contributed by atoms with Gasteiger partial charge in [-0.15, -0.1) is 0 Å². The third-order valence-electron chi connectivity index (χ3n) is 3.83. The predicted octanol–water partition coefficient (Wildman–Crippen LogP) is 1.54.